The van der Waals surface area contributed by atoms with Crippen molar-refractivity contribution in [3.63, 3.8) is 0 Å². The van der Waals surface area contributed by atoms with Crippen LogP contribution < -0.4 is 0 Å². The first-order chi connectivity index (χ1) is 12.8. The summed E-state index contributed by atoms with van der Waals surface area (Å²) in [6.07, 6.45) is 3.13. The number of ether oxygens (including phenoxy) is 1. The summed E-state index contributed by atoms with van der Waals surface area (Å²) >= 11 is 1.08. The molecular weight excluding hydrogens is 382 g/mol. The van der Waals surface area contributed by atoms with E-state index in [1.807, 2.05) is 43.3 Å². The number of hydrogen-bond donors (Lipinski definition) is 0. The zero-order valence-electron chi connectivity index (χ0n) is 15.4. The van der Waals surface area contributed by atoms with Crippen LogP contribution >= 0.6 is 11.8 Å². The molecule has 27 heavy (non-hydrogen) atoms. The molecule has 0 fully saturated rings. The monoisotopic (exact) mass is 403 g/mol. The van der Waals surface area contributed by atoms with Gasteiger partial charge in [0.15, 0.2) is 0 Å². The number of carbonyl (C=O) groups excluding carboxylic acids is 1. The Morgan fingerprint density at radius 1 is 1.11 bits per heavy atom. The Morgan fingerprint density at radius 3 is 2.26 bits per heavy atom. The lowest BCUT2D eigenvalue weighted by molar-refractivity contribution is -0.132. The molecule has 7 heteroatoms. The first-order valence-electron chi connectivity index (χ1n) is 7.99. The van der Waals surface area contributed by atoms with Gasteiger partial charge in [0.05, 0.1) is 7.11 Å². The average Bonchev–Trinajstić information content (AvgIpc) is 2.66. The second-order valence-electron chi connectivity index (χ2n) is 5.70. The van der Waals surface area contributed by atoms with Crippen molar-refractivity contribution in [1.29, 1.82) is 0 Å². The molecule has 0 aliphatic heterocycles. The third-order valence-corrected chi connectivity index (χ3v) is 5.40. The lowest BCUT2D eigenvalue weighted by Crippen LogP contribution is -2.14. The molecule has 2 aromatic rings. The molecule has 0 bridgehead atoms. The van der Waals surface area contributed by atoms with Crippen LogP contribution in [-0.2, 0) is 23.6 Å². The van der Waals surface area contributed by atoms with Crippen LogP contribution in [-0.4, -0.2) is 34.0 Å². The predicted molar refractivity (Wildman–Crippen MR) is 113 cm³/mol. The molecule has 2 rings (SSSR count). The van der Waals surface area contributed by atoms with E-state index in [1.165, 1.54) is 18.7 Å². The van der Waals surface area contributed by atoms with E-state index in [2.05, 4.69) is 11.7 Å². The molecule has 1 atom stereocenters. The summed E-state index contributed by atoms with van der Waals surface area (Å²) in [4.78, 5) is 12.8. The molecular formula is C20H21NO4S2. The number of nitrogens with zero attached hydrogens (tertiary/aromatic N) is 1. The predicted octanol–water partition coefficient (Wildman–Crippen LogP) is 3.91. The van der Waals surface area contributed by atoms with E-state index in [9.17, 15) is 9.00 Å². The molecule has 2 aromatic carbocycles. The standard InChI is InChI=1S/C20H21NO4S2/c1-5-16-8-10-17(11-9-16)14-27(4,23)25-21-19(20(22)24-3)26-18-12-6-15(2)7-13-18/h5-14H,1H2,2-4H3. The summed E-state index contributed by atoms with van der Waals surface area (Å²) in [7, 11) is -1.65. The first-order valence-corrected chi connectivity index (χ1v) is 10.8. The highest BCUT2D eigenvalue weighted by Gasteiger charge is 2.16. The molecule has 0 saturated heterocycles. The van der Waals surface area contributed by atoms with Crippen LogP contribution in [0.3, 0.4) is 0 Å². The number of esters is 1. The van der Waals surface area contributed by atoms with E-state index in [1.54, 1.807) is 18.2 Å². The number of aryl methyl sites for hydroxylation is 1. The molecule has 0 spiro atoms. The van der Waals surface area contributed by atoms with Gasteiger partial charge in [-0.05, 0) is 30.2 Å². The van der Waals surface area contributed by atoms with Crippen molar-refractivity contribution in [3.8, 4) is 0 Å². The van der Waals surface area contributed by atoms with Crippen LogP contribution in [0.25, 0.3) is 6.08 Å². The van der Waals surface area contributed by atoms with Gasteiger partial charge in [0.2, 0.25) is 5.04 Å². The molecule has 142 valence electrons. The van der Waals surface area contributed by atoms with Crippen LogP contribution in [0.15, 0.2) is 65.2 Å². The highest BCUT2D eigenvalue weighted by atomic mass is 32.2. The fraction of sp³-hybridized carbons (Fsp3) is 0.150. The maximum absolute atomic E-state index is 12.7. The quantitative estimate of drug-likeness (QED) is 0.189. The van der Waals surface area contributed by atoms with Crippen molar-refractivity contribution >= 4 is 44.0 Å². The highest BCUT2D eigenvalue weighted by Crippen LogP contribution is 2.21. The van der Waals surface area contributed by atoms with Crippen LogP contribution in [0.2, 0.25) is 0 Å². The van der Waals surface area contributed by atoms with Crippen LogP contribution in [0.5, 0.6) is 0 Å². The van der Waals surface area contributed by atoms with Gasteiger partial charge in [0, 0.05) is 16.5 Å². The molecule has 0 aliphatic rings. The second-order valence-corrected chi connectivity index (χ2v) is 8.80. The Bertz CT molecular complexity index is 954. The molecule has 5 nitrogen and oxygen atoms in total. The lowest BCUT2D eigenvalue weighted by Gasteiger charge is -2.07. The topological polar surface area (TPSA) is 65.0 Å². The summed E-state index contributed by atoms with van der Waals surface area (Å²) in [6.45, 7) is 5.66. The van der Waals surface area contributed by atoms with Crippen molar-refractivity contribution in [3.05, 3.63) is 71.8 Å². The van der Waals surface area contributed by atoms with Gasteiger partial charge in [-0.15, -0.1) is 0 Å². The van der Waals surface area contributed by atoms with Gasteiger partial charge in [-0.25, -0.2) is 9.00 Å². The fourth-order valence-electron chi connectivity index (χ4n) is 1.99. The van der Waals surface area contributed by atoms with Crippen molar-refractivity contribution in [2.45, 2.75) is 11.8 Å². The highest BCUT2D eigenvalue weighted by molar-refractivity contribution is 8.15. The average molecular weight is 404 g/mol. The Labute approximate surface area is 164 Å². The first kappa shape index (κ1) is 20.8. The Balaban J connectivity index is 2.23. The van der Waals surface area contributed by atoms with Crippen LogP contribution in [0.1, 0.15) is 16.7 Å². The number of oxime groups is 1. The van der Waals surface area contributed by atoms with E-state index < -0.39 is 15.8 Å². The molecule has 1 unspecified atom stereocenters. The Kier molecular flexibility index (Phi) is 7.27. The summed E-state index contributed by atoms with van der Waals surface area (Å²) in [5, 5.41) is 5.23. The number of rotatable bonds is 5. The van der Waals surface area contributed by atoms with Crippen molar-refractivity contribution < 1.29 is 18.0 Å². The second kappa shape index (κ2) is 9.43. The van der Waals surface area contributed by atoms with Gasteiger partial charge in [-0.1, -0.05) is 71.5 Å². The van der Waals surface area contributed by atoms with Gasteiger partial charge in [0.25, 0.3) is 0 Å². The number of thioether (sulfide) groups is 1. The van der Waals surface area contributed by atoms with Gasteiger partial charge in [0.1, 0.15) is 9.80 Å². The summed E-state index contributed by atoms with van der Waals surface area (Å²) in [6, 6.07) is 14.9. The largest absolute Gasteiger partial charge is 0.464 e. The van der Waals surface area contributed by atoms with E-state index in [0.717, 1.165) is 27.8 Å². The lowest BCUT2D eigenvalue weighted by atomic mass is 10.1. The van der Waals surface area contributed by atoms with E-state index in [0.29, 0.717) is 5.56 Å². The van der Waals surface area contributed by atoms with E-state index in [4.69, 9.17) is 9.02 Å². The SMILES string of the molecule is C=Cc1ccc(C=S(C)(=O)ON=C(Sc2ccc(C)cc2)C(=O)OC)cc1. The normalized spacial score (nSPS) is 13.4. The zero-order chi connectivity index (χ0) is 19.9. The molecule has 0 aliphatic carbocycles. The minimum absolute atomic E-state index is 0.0358. The molecule has 0 aromatic heterocycles. The fourth-order valence-corrected chi connectivity index (χ4v) is 3.69. The Morgan fingerprint density at radius 2 is 1.70 bits per heavy atom. The number of methoxy groups -OCH3 is 1. The minimum Gasteiger partial charge on any atom is -0.464 e. The number of carbonyl (C=O) groups is 1. The van der Waals surface area contributed by atoms with Gasteiger partial charge < -0.3 is 9.02 Å². The number of hydrogen-bond acceptors (Lipinski definition) is 6. The molecule has 0 heterocycles. The summed E-state index contributed by atoms with van der Waals surface area (Å²) in [5.41, 5.74) is 2.77. The van der Waals surface area contributed by atoms with Crippen LogP contribution in [0.4, 0.5) is 0 Å². The molecule has 0 radical (unpaired) electrons. The van der Waals surface area contributed by atoms with Gasteiger partial charge in [-0.3, -0.25) is 0 Å². The molecule has 0 N–H and O–H groups in total. The third kappa shape index (κ3) is 6.62. The van der Waals surface area contributed by atoms with Crippen LogP contribution in [0, 0.1) is 6.92 Å². The minimum atomic E-state index is -2.90. The van der Waals surface area contributed by atoms with Gasteiger partial charge >= 0.3 is 5.97 Å². The van der Waals surface area contributed by atoms with Crippen molar-refractivity contribution in [2.24, 2.45) is 5.16 Å². The summed E-state index contributed by atoms with van der Waals surface area (Å²) < 4.78 is 22.6. The van der Waals surface area contributed by atoms with E-state index in [-0.39, 0.29) is 5.04 Å². The smallest absolute Gasteiger partial charge is 0.367 e. The Hall–Kier alpha value is -2.51. The summed E-state index contributed by atoms with van der Waals surface area (Å²) in [5.74, 6) is -0.661. The zero-order valence-corrected chi connectivity index (χ0v) is 17.0. The third-order valence-electron chi connectivity index (χ3n) is 3.39. The van der Waals surface area contributed by atoms with E-state index >= 15 is 0 Å². The maximum atomic E-state index is 12.7. The molecule has 0 saturated carbocycles. The maximum Gasteiger partial charge on any atom is 0.367 e. The van der Waals surface area contributed by atoms with Crippen molar-refractivity contribution in [1.82, 2.24) is 0 Å². The number of benzene rings is 2. The molecule has 0 amide bonds. The van der Waals surface area contributed by atoms with Gasteiger partial charge in [-0.2, -0.15) is 0 Å². The van der Waals surface area contributed by atoms with Crippen molar-refractivity contribution in [2.75, 3.05) is 13.4 Å².